The quantitative estimate of drug-likeness (QED) is 0.451. The molecule has 0 saturated carbocycles. The van der Waals surface area contributed by atoms with Gasteiger partial charge in [-0.1, -0.05) is 18.2 Å². The second-order valence-corrected chi connectivity index (χ2v) is 6.94. The molecule has 0 spiro atoms. The van der Waals surface area contributed by atoms with Crippen LogP contribution in [0.25, 0.3) is 11.3 Å². The van der Waals surface area contributed by atoms with Gasteiger partial charge in [0.2, 0.25) is 5.88 Å². The van der Waals surface area contributed by atoms with Crippen molar-refractivity contribution in [1.82, 2.24) is 9.88 Å². The number of amides is 1. The Bertz CT molecular complexity index is 1070. The summed E-state index contributed by atoms with van der Waals surface area (Å²) in [6.07, 6.45) is 5.00. The van der Waals surface area contributed by atoms with Crippen molar-refractivity contribution < 1.29 is 26.6 Å². The number of benzene rings is 1. The minimum Gasteiger partial charge on any atom is -0.481 e. The molecule has 31 heavy (non-hydrogen) atoms. The number of hydrogen-bond acceptors (Lipinski definition) is 5. The van der Waals surface area contributed by atoms with Gasteiger partial charge in [-0.3, -0.25) is 9.59 Å². The van der Waals surface area contributed by atoms with Gasteiger partial charge in [0.05, 0.1) is 22.1 Å². The fourth-order valence-corrected chi connectivity index (χ4v) is 2.96. The van der Waals surface area contributed by atoms with Gasteiger partial charge >= 0.3 is 5.97 Å². The predicted molar refractivity (Wildman–Crippen MR) is 116 cm³/mol. The first kappa shape index (κ1) is 19.4. The van der Waals surface area contributed by atoms with Crippen molar-refractivity contribution in [3.63, 3.8) is 0 Å². The predicted octanol–water partition coefficient (Wildman–Crippen LogP) is 4.64. The highest BCUT2D eigenvalue weighted by Gasteiger charge is 2.15. The number of carbonyl (C=O) groups is 2. The van der Waals surface area contributed by atoms with Crippen LogP contribution >= 0.6 is 0 Å². The maximum atomic E-state index is 13.0. The zero-order valence-electron chi connectivity index (χ0n) is 19.3. The largest absolute Gasteiger partial charge is 0.481 e. The first-order valence-electron chi connectivity index (χ1n) is 11.0. The Kier molecular flexibility index (Phi) is 6.85. The summed E-state index contributed by atoms with van der Waals surface area (Å²) in [7, 11) is 1.39. The van der Waals surface area contributed by atoms with Crippen molar-refractivity contribution in [2.45, 2.75) is 32.2 Å². The number of unbranched alkanes of at least 4 members (excludes halogenated alkanes) is 2. The van der Waals surface area contributed by atoms with Gasteiger partial charge in [-0.15, -0.1) is 0 Å². The van der Waals surface area contributed by atoms with Crippen LogP contribution in [-0.4, -0.2) is 40.5 Å². The molecule has 0 aliphatic carbocycles. The van der Waals surface area contributed by atoms with Crippen LogP contribution in [0.3, 0.4) is 0 Å². The van der Waals surface area contributed by atoms with E-state index < -0.39 is 18.4 Å². The fraction of sp³-hybridized carbons (Fsp3) is 0.292. The van der Waals surface area contributed by atoms with Crippen LogP contribution in [0.1, 0.15) is 44.3 Å². The molecule has 0 saturated heterocycles. The zero-order valence-corrected chi connectivity index (χ0v) is 17.3. The Morgan fingerprint density at radius 1 is 1.13 bits per heavy atom. The van der Waals surface area contributed by atoms with Crippen molar-refractivity contribution >= 4 is 11.9 Å². The number of aromatic nitrogens is 1. The molecule has 1 N–H and O–H groups in total. The number of aliphatic carboxylic acids is 1. The van der Waals surface area contributed by atoms with E-state index in [2.05, 4.69) is 4.98 Å². The topological polar surface area (TPSA) is 92.9 Å². The molecule has 162 valence electrons. The third-order valence-corrected chi connectivity index (χ3v) is 4.58. The summed E-state index contributed by atoms with van der Waals surface area (Å²) in [5.41, 5.74) is 1.29. The molecule has 7 heteroatoms. The first-order chi connectivity index (χ1) is 15.8. The summed E-state index contributed by atoms with van der Waals surface area (Å²) < 4.78 is 28.3. The number of hydrogen-bond donors (Lipinski definition) is 1. The van der Waals surface area contributed by atoms with Crippen LogP contribution in [0.2, 0.25) is 0 Å². The minimum absolute atomic E-state index is 0.104. The Morgan fingerprint density at radius 2 is 1.94 bits per heavy atom. The molecule has 1 amide bonds. The highest BCUT2D eigenvalue weighted by molar-refractivity contribution is 5.94. The van der Waals surface area contributed by atoms with E-state index in [4.69, 9.17) is 17.0 Å². The van der Waals surface area contributed by atoms with Crippen LogP contribution in [-0.2, 0) is 11.3 Å². The summed E-state index contributed by atoms with van der Waals surface area (Å²) >= 11 is 0. The van der Waals surface area contributed by atoms with Crippen molar-refractivity contribution in [3.8, 4) is 17.2 Å². The molecule has 1 aromatic carbocycles. The number of carbonyl (C=O) groups excluding carboxylic acids is 1. The first-order valence-corrected chi connectivity index (χ1v) is 10.0. The lowest BCUT2D eigenvalue weighted by molar-refractivity contribution is -0.137. The molecule has 7 nitrogen and oxygen atoms in total. The molecule has 0 aliphatic heterocycles. The average Bonchev–Trinajstić information content (AvgIpc) is 3.35. The highest BCUT2D eigenvalue weighted by Crippen LogP contribution is 2.22. The molecule has 0 bridgehead atoms. The molecule has 3 rings (SSSR count). The Hall–Kier alpha value is -3.61. The lowest BCUT2D eigenvalue weighted by Crippen LogP contribution is -2.26. The van der Waals surface area contributed by atoms with Gasteiger partial charge in [-0.05, 0) is 49.6 Å². The molecule has 0 atom stereocenters. The number of rotatable bonds is 11. The Balaban J connectivity index is 1.68. The normalized spacial score (nSPS) is 12.0. The van der Waals surface area contributed by atoms with Crippen molar-refractivity contribution in [2.75, 3.05) is 13.7 Å². The van der Waals surface area contributed by atoms with Crippen LogP contribution < -0.4 is 4.74 Å². The maximum absolute atomic E-state index is 13.0. The molecule has 2 heterocycles. The van der Waals surface area contributed by atoms with Gasteiger partial charge in [-0.2, -0.15) is 0 Å². The number of carboxylic acid groups (broad SMARTS) is 1. The molecular formula is C24H26N2O5. The smallest absolute Gasteiger partial charge is 0.303 e. The molecule has 0 aliphatic rings. The Labute approximate surface area is 184 Å². The number of pyridine rings is 1. The molecule has 2 aromatic heterocycles. The van der Waals surface area contributed by atoms with Gasteiger partial charge < -0.3 is 19.2 Å². The monoisotopic (exact) mass is 424 g/mol. The fourth-order valence-electron chi connectivity index (χ4n) is 2.96. The van der Waals surface area contributed by atoms with E-state index in [0.717, 1.165) is 10.5 Å². The van der Waals surface area contributed by atoms with Crippen LogP contribution in [0.15, 0.2) is 65.4 Å². The maximum Gasteiger partial charge on any atom is 0.303 e. The van der Waals surface area contributed by atoms with Gasteiger partial charge in [-0.25, -0.2) is 4.98 Å². The summed E-state index contributed by atoms with van der Waals surface area (Å²) in [5, 5.41) is 8.69. The molecule has 0 radical (unpaired) electrons. The van der Waals surface area contributed by atoms with Gasteiger partial charge in [0, 0.05) is 36.4 Å². The third-order valence-electron chi connectivity index (χ3n) is 4.58. The van der Waals surface area contributed by atoms with Crippen LogP contribution in [0.5, 0.6) is 5.88 Å². The summed E-state index contributed by atoms with van der Waals surface area (Å²) in [6.45, 7) is -1.91. The van der Waals surface area contributed by atoms with E-state index in [-0.39, 0.29) is 24.5 Å². The van der Waals surface area contributed by atoms with Gasteiger partial charge in [0.25, 0.3) is 5.91 Å². The van der Waals surface area contributed by atoms with E-state index >= 15 is 0 Å². The SMILES string of the molecule is [2H]C([2H])(c1cccnc1OCCCCCC(=O)O)N(C)C(=O)c1ccc(-c2ccco2)cc1. The summed E-state index contributed by atoms with van der Waals surface area (Å²) in [4.78, 5) is 28.8. The lowest BCUT2D eigenvalue weighted by atomic mass is 10.1. The molecule has 3 aromatic rings. The second-order valence-electron chi connectivity index (χ2n) is 6.94. The number of furan rings is 1. The number of carboxylic acids is 1. The van der Waals surface area contributed by atoms with E-state index in [9.17, 15) is 9.59 Å². The second kappa shape index (κ2) is 11.0. The van der Waals surface area contributed by atoms with Gasteiger partial charge in [0.15, 0.2) is 0 Å². The van der Waals surface area contributed by atoms with E-state index in [1.807, 2.05) is 6.07 Å². The van der Waals surface area contributed by atoms with E-state index in [0.29, 0.717) is 30.6 Å². The summed E-state index contributed by atoms with van der Waals surface area (Å²) in [5.74, 6) is -0.541. The standard InChI is InChI=1S/C24H26N2O5/c1-26(24(29)19-12-10-18(11-13-19)21-8-6-16-30-21)17-20-7-5-14-25-23(20)31-15-4-2-3-9-22(27)28/h5-8,10-14,16H,2-4,9,15,17H2,1H3,(H,27,28)/i17D2. The molecular weight excluding hydrogens is 396 g/mol. The van der Waals surface area contributed by atoms with E-state index in [1.54, 1.807) is 42.7 Å². The molecule has 0 unspecified atom stereocenters. The van der Waals surface area contributed by atoms with Crippen LogP contribution in [0, 0.1) is 0 Å². The third kappa shape index (κ3) is 6.44. The average molecular weight is 424 g/mol. The van der Waals surface area contributed by atoms with Crippen molar-refractivity contribution in [1.29, 1.82) is 0 Å². The zero-order chi connectivity index (χ0) is 23.8. The number of ether oxygens (including phenoxy) is 1. The number of nitrogens with zero attached hydrogens (tertiary/aromatic N) is 2. The Morgan fingerprint density at radius 3 is 2.65 bits per heavy atom. The van der Waals surface area contributed by atoms with Crippen molar-refractivity contribution in [2.24, 2.45) is 0 Å². The molecule has 0 fully saturated rings. The van der Waals surface area contributed by atoms with E-state index in [1.165, 1.54) is 19.3 Å². The highest BCUT2D eigenvalue weighted by atomic mass is 16.5. The van der Waals surface area contributed by atoms with Crippen LogP contribution in [0.4, 0.5) is 0 Å². The van der Waals surface area contributed by atoms with Crippen molar-refractivity contribution in [3.05, 3.63) is 72.1 Å². The summed E-state index contributed by atoms with van der Waals surface area (Å²) in [6, 6.07) is 13.5. The lowest BCUT2D eigenvalue weighted by Gasteiger charge is -2.19. The van der Waals surface area contributed by atoms with Gasteiger partial charge in [0.1, 0.15) is 5.76 Å². The minimum atomic E-state index is -2.18.